The predicted molar refractivity (Wildman–Crippen MR) is 103 cm³/mol. The first-order chi connectivity index (χ1) is 12.5. The molecule has 2 aliphatic carbocycles. The lowest BCUT2D eigenvalue weighted by molar-refractivity contribution is 0.0195. The number of hydrogen-bond acceptors (Lipinski definition) is 4. The molecule has 4 heteroatoms. The van der Waals surface area contributed by atoms with Crippen molar-refractivity contribution in [1.82, 2.24) is 14.9 Å². The molecule has 2 bridgehead atoms. The van der Waals surface area contributed by atoms with Gasteiger partial charge in [-0.05, 0) is 81.9 Å². The quantitative estimate of drug-likeness (QED) is 0.744. The van der Waals surface area contributed by atoms with Gasteiger partial charge in [-0.1, -0.05) is 13.8 Å². The standard InChI is InChI=1S/C22H33N3O/c1-16-11-18-12-17(2)14-22(13-16,15-18)21(26)19-5-7-23-20(24-19)6-10-25-8-3-4-9-25/h5,7,16-18H,3-4,6,8-15H2,1-2H3. The minimum absolute atomic E-state index is 0.166. The van der Waals surface area contributed by atoms with Crippen molar-refractivity contribution < 1.29 is 4.79 Å². The lowest BCUT2D eigenvalue weighted by Crippen LogP contribution is -2.44. The Morgan fingerprint density at radius 2 is 1.85 bits per heavy atom. The molecule has 1 aromatic rings. The third kappa shape index (κ3) is 3.71. The maximum Gasteiger partial charge on any atom is 0.187 e. The van der Waals surface area contributed by atoms with E-state index >= 15 is 0 Å². The molecular formula is C22H33N3O. The number of aromatic nitrogens is 2. The summed E-state index contributed by atoms with van der Waals surface area (Å²) in [5, 5.41) is 0. The summed E-state index contributed by atoms with van der Waals surface area (Å²) in [6, 6.07) is 1.85. The maximum absolute atomic E-state index is 13.5. The number of hydrogen-bond donors (Lipinski definition) is 0. The fourth-order valence-corrected chi connectivity index (χ4v) is 6.16. The molecule has 2 saturated carbocycles. The van der Waals surface area contributed by atoms with Gasteiger partial charge in [-0.25, -0.2) is 9.97 Å². The summed E-state index contributed by atoms with van der Waals surface area (Å²) in [7, 11) is 0. The van der Waals surface area contributed by atoms with Crippen molar-refractivity contribution in [1.29, 1.82) is 0 Å². The molecular weight excluding hydrogens is 322 g/mol. The molecule has 2 heterocycles. The zero-order valence-electron chi connectivity index (χ0n) is 16.4. The summed E-state index contributed by atoms with van der Waals surface area (Å²) >= 11 is 0. The fourth-order valence-electron chi connectivity index (χ4n) is 6.16. The van der Waals surface area contributed by atoms with Crippen molar-refractivity contribution >= 4 is 5.78 Å². The molecule has 26 heavy (non-hydrogen) atoms. The maximum atomic E-state index is 13.5. The molecule has 1 aliphatic heterocycles. The minimum Gasteiger partial charge on any atom is -0.303 e. The van der Waals surface area contributed by atoms with Gasteiger partial charge in [0, 0.05) is 24.6 Å². The zero-order chi connectivity index (χ0) is 18.1. The molecule has 4 rings (SSSR count). The highest BCUT2D eigenvalue weighted by Gasteiger charge is 2.49. The first-order valence-corrected chi connectivity index (χ1v) is 10.6. The average molecular weight is 356 g/mol. The molecule has 0 amide bonds. The van der Waals surface area contributed by atoms with Crippen LogP contribution < -0.4 is 0 Å². The van der Waals surface area contributed by atoms with E-state index in [4.69, 9.17) is 4.98 Å². The van der Waals surface area contributed by atoms with Crippen LogP contribution in [0.25, 0.3) is 0 Å². The molecule has 0 aromatic carbocycles. The molecule has 3 fully saturated rings. The Bertz CT molecular complexity index is 633. The van der Waals surface area contributed by atoms with Gasteiger partial charge in [0.1, 0.15) is 11.5 Å². The smallest absolute Gasteiger partial charge is 0.187 e. The normalized spacial score (nSPS) is 34.8. The molecule has 0 radical (unpaired) electrons. The van der Waals surface area contributed by atoms with Crippen LogP contribution in [0.15, 0.2) is 12.3 Å². The summed E-state index contributed by atoms with van der Waals surface area (Å²) in [6.45, 7) is 8.05. The van der Waals surface area contributed by atoms with Crippen LogP contribution in [0.3, 0.4) is 0 Å². The number of carbonyl (C=O) groups excluding carboxylic acids is 1. The van der Waals surface area contributed by atoms with E-state index < -0.39 is 0 Å². The summed E-state index contributed by atoms with van der Waals surface area (Å²) in [4.78, 5) is 25.2. The first-order valence-electron chi connectivity index (χ1n) is 10.6. The Morgan fingerprint density at radius 1 is 1.15 bits per heavy atom. The molecule has 2 atom stereocenters. The van der Waals surface area contributed by atoms with Crippen LogP contribution in [0.2, 0.25) is 0 Å². The molecule has 1 aromatic heterocycles. The molecule has 142 valence electrons. The fraction of sp³-hybridized carbons (Fsp3) is 0.773. The summed E-state index contributed by atoms with van der Waals surface area (Å²) in [5.41, 5.74) is 0.499. The van der Waals surface area contributed by atoms with Gasteiger partial charge in [-0.3, -0.25) is 4.79 Å². The lowest BCUT2D eigenvalue weighted by atomic mass is 9.55. The number of ketones is 1. The SMILES string of the molecule is CC1CC2CC(C)CC(C(=O)c3ccnc(CCN4CCCC4)n3)(C1)C2. The lowest BCUT2D eigenvalue weighted by Gasteiger charge is -2.48. The molecule has 1 saturated heterocycles. The van der Waals surface area contributed by atoms with Crippen molar-refractivity contribution in [3.05, 3.63) is 23.8 Å². The molecule has 0 N–H and O–H groups in total. The number of Topliss-reactive ketones (excluding diaryl/α,β-unsaturated/α-hetero) is 1. The van der Waals surface area contributed by atoms with E-state index in [1.165, 1.54) is 38.8 Å². The number of nitrogens with zero attached hydrogens (tertiary/aromatic N) is 3. The van der Waals surface area contributed by atoms with Crippen molar-refractivity contribution in [3.63, 3.8) is 0 Å². The minimum atomic E-state index is -0.166. The number of fused-ring (bicyclic) bond motifs is 2. The molecule has 4 nitrogen and oxygen atoms in total. The predicted octanol–water partition coefficient (Wildman–Crippen LogP) is 4.15. The van der Waals surface area contributed by atoms with Crippen LogP contribution in [0.1, 0.15) is 75.1 Å². The van der Waals surface area contributed by atoms with E-state index in [9.17, 15) is 4.79 Å². The van der Waals surface area contributed by atoms with Crippen LogP contribution >= 0.6 is 0 Å². The van der Waals surface area contributed by atoms with Crippen LogP contribution in [-0.4, -0.2) is 40.3 Å². The van der Waals surface area contributed by atoms with E-state index in [-0.39, 0.29) is 5.41 Å². The average Bonchev–Trinajstić information content (AvgIpc) is 3.12. The van der Waals surface area contributed by atoms with Gasteiger partial charge in [0.25, 0.3) is 0 Å². The number of carbonyl (C=O) groups is 1. The summed E-state index contributed by atoms with van der Waals surface area (Å²) in [5.74, 6) is 3.17. The Morgan fingerprint density at radius 3 is 2.54 bits per heavy atom. The Balaban J connectivity index is 1.50. The van der Waals surface area contributed by atoms with Gasteiger partial charge in [-0.2, -0.15) is 0 Å². The van der Waals surface area contributed by atoms with E-state index in [1.807, 2.05) is 6.07 Å². The highest BCUT2D eigenvalue weighted by atomic mass is 16.1. The topological polar surface area (TPSA) is 46.1 Å². The van der Waals surface area contributed by atoms with Gasteiger partial charge >= 0.3 is 0 Å². The van der Waals surface area contributed by atoms with E-state index in [0.717, 1.165) is 44.0 Å². The largest absolute Gasteiger partial charge is 0.303 e. The summed E-state index contributed by atoms with van der Waals surface area (Å²) in [6.07, 6.45) is 11.0. The van der Waals surface area contributed by atoms with Crippen molar-refractivity contribution in [3.8, 4) is 0 Å². The molecule has 0 spiro atoms. The third-order valence-electron chi connectivity index (χ3n) is 6.90. The van der Waals surface area contributed by atoms with Gasteiger partial charge in [0.05, 0.1) is 0 Å². The second-order valence-corrected chi connectivity index (χ2v) is 9.43. The van der Waals surface area contributed by atoms with Crippen LogP contribution in [0.5, 0.6) is 0 Å². The molecule has 3 aliphatic rings. The Labute approximate surface area is 157 Å². The van der Waals surface area contributed by atoms with Crippen LogP contribution in [0, 0.1) is 23.2 Å². The Kier molecular flexibility index (Phi) is 5.13. The van der Waals surface area contributed by atoms with Crippen molar-refractivity contribution in [2.24, 2.45) is 23.2 Å². The third-order valence-corrected chi connectivity index (χ3v) is 6.90. The first kappa shape index (κ1) is 18.1. The second-order valence-electron chi connectivity index (χ2n) is 9.43. The highest BCUT2D eigenvalue weighted by Crippen LogP contribution is 2.54. The van der Waals surface area contributed by atoms with Gasteiger partial charge < -0.3 is 4.90 Å². The monoisotopic (exact) mass is 355 g/mol. The van der Waals surface area contributed by atoms with Crippen molar-refractivity contribution in [2.45, 2.75) is 65.2 Å². The van der Waals surface area contributed by atoms with Gasteiger partial charge in [0.2, 0.25) is 0 Å². The van der Waals surface area contributed by atoms with Gasteiger partial charge in [0.15, 0.2) is 5.78 Å². The number of likely N-dealkylation sites (tertiary alicyclic amines) is 1. The van der Waals surface area contributed by atoms with Gasteiger partial charge in [-0.15, -0.1) is 0 Å². The zero-order valence-corrected chi connectivity index (χ0v) is 16.4. The second kappa shape index (κ2) is 7.38. The number of rotatable bonds is 5. The molecule has 2 unspecified atom stereocenters. The van der Waals surface area contributed by atoms with E-state index in [2.05, 4.69) is 23.7 Å². The van der Waals surface area contributed by atoms with Crippen LogP contribution in [-0.2, 0) is 6.42 Å². The van der Waals surface area contributed by atoms with Crippen molar-refractivity contribution in [2.75, 3.05) is 19.6 Å². The van der Waals surface area contributed by atoms with E-state index in [0.29, 0.717) is 23.3 Å². The van der Waals surface area contributed by atoms with E-state index in [1.54, 1.807) is 6.20 Å². The Hall–Kier alpha value is -1.29. The van der Waals surface area contributed by atoms with Crippen LogP contribution in [0.4, 0.5) is 0 Å². The summed E-state index contributed by atoms with van der Waals surface area (Å²) < 4.78 is 0. The highest BCUT2D eigenvalue weighted by molar-refractivity contribution is 5.99.